The topological polar surface area (TPSA) is 36.3 Å². The highest BCUT2D eigenvalue weighted by Crippen LogP contribution is 2.37. The first-order chi connectivity index (χ1) is 7.75. The van der Waals surface area contributed by atoms with Crippen molar-refractivity contribution in [2.24, 2.45) is 7.05 Å². The predicted molar refractivity (Wildman–Crippen MR) is 62.5 cm³/mol. The van der Waals surface area contributed by atoms with Crippen molar-refractivity contribution in [2.45, 2.75) is 0 Å². The lowest BCUT2D eigenvalue weighted by Gasteiger charge is -2.01. The smallest absolute Gasteiger partial charge is 0.231 e. The summed E-state index contributed by atoms with van der Waals surface area (Å²) in [5.74, 6) is 1.56. The molecule has 1 aromatic carbocycles. The van der Waals surface area contributed by atoms with Crippen molar-refractivity contribution in [3.8, 4) is 22.8 Å². The van der Waals surface area contributed by atoms with Gasteiger partial charge in [0, 0.05) is 12.6 Å². The van der Waals surface area contributed by atoms with E-state index in [9.17, 15) is 0 Å². The van der Waals surface area contributed by atoms with Gasteiger partial charge in [-0.2, -0.15) is 0 Å². The van der Waals surface area contributed by atoms with Crippen LogP contribution < -0.4 is 9.47 Å². The summed E-state index contributed by atoms with van der Waals surface area (Å²) < 4.78 is 13.5. The number of hydrogen-bond donors (Lipinski definition) is 0. The van der Waals surface area contributed by atoms with Crippen LogP contribution >= 0.6 is 15.9 Å². The molecule has 0 spiro atoms. The molecule has 0 saturated carbocycles. The normalized spacial score (nSPS) is 13.1. The molecule has 5 heteroatoms. The van der Waals surface area contributed by atoms with Crippen LogP contribution in [0.5, 0.6) is 11.5 Å². The molecule has 0 radical (unpaired) electrons. The maximum absolute atomic E-state index is 5.34. The van der Waals surface area contributed by atoms with E-state index in [2.05, 4.69) is 20.9 Å². The number of fused-ring (bicyclic) bond motifs is 1. The number of imidazole rings is 1. The van der Waals surface area contributed by atoms with Gasteiger partial charge in [0.15, 0.2) is 11.5 Å². The molecule has 1 aromatic heterocycles. The Hall–Kier alpha value is -1.49. The Balaban J connectivity index is 2.10. The van der Waals surface area contributed by atoms with Gasteiger partial charge in [-0.05, 0) is 34.1 Å². The number of aromatic nitrogens is 2. The first-order valence-electron chi connectivity index (χ1n) is 4.82. The van der Waals surface area contributed by atoms with Crippen molar-refractivity contribution < 1.29 is 9.47 Å². The summed E-state index contributed by atoms with van der Waals surface area (Å²) in [6, 6.07) is 5.81. The minimum atomic E-state index is 0.294. The minimum Gasteiger partial charge on any atom is -0.454 e. The standard InChI is InChI=1S/C11H9BrN2O2/c1-14-5-13-10(11(14)12)7-2-3-8-9(4-7)16-6-15-8/h2-5H,6H2,1H3. The van der Waals surface area contributed by atoms with Crippen LogP contribution in [0.4, 0.5) is 0 Å². The molecular weight excluding hydrogens is 272 g/mol. The summed E-state index contributed by atoms with van der Waals surface area (Å²) in [7, 11) is 1.94. The fourth-order valence-corrected chi connectivity index (χ4v) is 2.08. The van der Waals surface area contributed by atoms with Crippen LogP contribution in [0.3, 0.4) is 0 Å². The van der Waals surface area contributed by atoms with Gasteiger partial charge in [-0.1, -0.05) is 0 Å². The van der Waals surface area contributed by atoms with E-state index >= 15 is 0 Å². The average molecular weight is 281 g/mol. The van der Waals surface area contributed by atoms with E-state index in [1.54, 1.807) is 6.33 Å². The summed E-state index contributed by atoms with van der Waals surface area (Å²) in [5, 5.41) is 0. The number of hydrogen-bond acceptors (Lipinski definition) is 3. The zero-order valence-corrected chi connectivity index (χ0v) is 10.2. The lowest BCUT2D eigenvalue weighted by Crippen LogP contribution is -1.92. The first-order valence-corrected chi connectivity index (χ1v) is 5.62. The van der Waals surface area contributed by atoms with Gasteiger partial charge in [0.2, 0.25) is 6.79 Å². The van der Waals surface area contributed by atoms with Crippen molar-refractivity contribution in [1.82, 2.24) is 9.55 Å². The van der Waals surface area contributed by atoms with Crippen LogP contribution in [0.25, 0.3) is 11.3 Å². The van der Waals surface area contributed by atoms with E-state index in [4.69, 9.17) is 9.47 Å². The maximum Gasteiger partial charge on any atom is 0.231 e. The van der Waals surface area contributed by atoms with Crippen LogP contribution in [0.1, 0.15) is 0 Å². The van der Waals surface area contributed by atoms with Crippen LogP contribution in [-0.4, -0.2) is 16.3 Å². The molecule has 0 amide bonds. The molecule has 0 aliphatic carbocycles. The van der Waals surface area contributed by atoms with E-state index in [-0.39, 0.29) is 0 Å². The number of ether oxygens (including phenoxy) is 2. The molecule has 0 bridgehead atoms. The fraction of sp³-hybridized carbons (Fsp3) is 0.182. The van der Waals surface area contributed by atoms with E-state index in [1.807, 2.05) is 29.8 Å². The van der Waals surface area contributed by atoms with E-state index in [1.165, 1.54) is 0 Å². The average Bonchev–Trinajstić information content (AvgIpc) is 2.86. The molecule has 82 valence electrons. The summed E-state index contributed by atoms with van der Waals surface area (Å²) in [4.78, 5) is 4.33. The second kappa shape index (κ2) is 3.52. The van der Waals surface area contributed by atoms with Gasteiger partial charge < -0.3 is 14.0 Å². The van der Waals surface area contributed by atoms with Crippen LogP contribution in [0.2, 0.25) is 0 Å². The summed E-state index contributed by atoms with van der Waals surface area (Å²) in [5.41, 5.74) is 1.91. The number of benzene rings is 1. The van der Waals surface area contributed by atoms with Gasteiger partial charge in [0.05, 0.1) is 6.33 Å². The fourth-order valence-electron chi connectivity index (χ4n) is 1.65. The molecule has 0 N–H and O–H groups in total. The van der Waals surface area contributed by atoms with Crippen molar-refractivity contribution in [1.29, 1.82) is 0 Å². The van der Waals surface area contributed by atoms with Crippen LogP contribution in [0.15, 0.2) is 29.1 Å². The number of rotatable bonds is 1. The highest BCUT2D eigenvalue weighted by Gasteiger charge is 2.16. The third-order valence-electron chi connectivity index (χ3n) is 2.51. The second-order valence-corrected chi connectivity index (χ2v) is 4.31. The zero-order chi connectivity index (χ0) is 11.1. The summed E-state index contributed by atoms with van der Waals surface area (Å²) >= 11 is 3.50. The molecule has 2 heterocycles. The largest absolute Gasteiger partial charge is 0.454 e. The zero-order valence-electron chi connectivity index (χ0n) is 8.61. The van der Waals surface area contributed by atoms with Gasteiger partial charge >= 0.3 is 0 Å². The van der Waals surface area contributed by atoms with Gasteiger partial charge in [0.25, 0.3) is 0 Å². The molecule has 0 saturated heterocycles. The number of halogens is 1. The quantitative estimate of drug-likeness (QED) is 0.806. The Morgan fingerprint density at radius 1 is 1.31 bits per heavy atom. The van der Waals surface area contributed by atoms with Gasteiger partial charge in [0.1, 0.15) is 10.3 Å². The lowest BCUT2D eigenvalue weighted by molar-refractivity contribution is 0.174. The second-order valence-electron chi connectivity index (χ2n) is 3.56. The molecule has 0 atom stereocenters. The molecule has 1 aliphatic heterocycles. The minimum absolute atomic E-state index is 0.294. The van der Waals surface area contributed by atoms with Crippen molar-refractivity contribution in [2.75, 3.05) is 6.79 Å². The molecule has 3 rings (SSSR count). The molecule has 1 aliphatic rings. The Kier molecular flexibility index (Phi) is 2.14. The van der Waals surface area contributed by atoms with Crippen LogP contribution in [0, 0.1) is 0 Å². The third kappa shape index (κ3) is 1.39. The third-order valence-corrected chi connectivity index (χ3v) is 3.45. The molecule has 0 unspecified atom stereocenters. The van der Waals surface area contributed by atoms with Crippen molar-refractivity contribution >= 4 is 15.9 Å². The Morgan fingerprint density at radius 3 is 2.88 bits per heavy atom. The monoisotopic (exact) mass is 280 g/mol. The van der Waals surface area contributed by atoms with Gasteiger partial charge in [-0.15, -0.1) is 0 Å². The lowest BCUT2D eigenvalue weighted by atomic mass is 10.1. The molecule has 4 nitrogen and oxygen atoms in total. The molecule has 16 heavy (non-hydrogen) atoms. The molecular formula is C11H9BrN2O2. The molecule has 0 fully saturated rings. The Morgan fingerprint density at radius 2 is 2.12 bits per heavy atom. The maximum atomic E-state index is 5.34. The summed E-state index contributed by atoms with van der Waals surface area (Å²) in [6.45, 7) is 0.294. The van der Waals surface area contributed by atoms with E-state index in [0.717, 1.165) is 27.4 Å². The first kappa shape index (κ1) is 9.72. The Labute approximate surface area is 101 Å². The van der Waals surface area contributed by atoms with Crippen LogP contribution in [-0.2, 0) is 7.05 Å². The highest BCUT2D eigenvalue weighted by atomic mass is 79.9. The predicted octanol–water partition coefficient (Wildman–Crippen LogP) is 2.58. The van der Waals surface area contributed by atoms with Crippen molar-refractivity contribution in [3.05, 3.63) is 29.1 Å². The number of nitrogens with zero attached hydrogens (tertiary/aromatic N) is 2. The van der Waals surface area contributed by atoms with Gasteiger partial charge in [-0.25, -0.2) is 4.98 Å². The highest BCUT2D eigenvalue weighted by molar-refractivity contribution is 9.10. The van der Waals surface area contributed by atoms with E-state index in [0.29, 0.717) is 6.79 Å². The number of aryl methyl sites for hydroxylation is 1. The van der Waals surface area contributed by atoms with Gasteiger partial charge in [-0.3, -0.25) is 0 Å². The molecule has 2 aromatic rings. The summed E-state index contributed by atoms with van der Waals surface area (Å²) in [6.07, 6.45) is 1.77. The van der Waals surface area contributed by atoms with Crippen molar-refractivity contribution in [3.63, 3.8) is 0 Å². The van der Waals surface area contributed by atoms with E-state index < -0.39 is 0 Å². The Bertz CT molecular complexity index is 551. The SMILES string of the molecule is Cn1cnc(-c2ccc3c(c2)OCO3)c1Br.